The fraction of sp³-hybridized carbons (Fsp3) is 0.857. The van der Waals surface area contributed by atoms with Crippen LogP contribution in [0.3, 0.4) is 0 Å². The molecule has 0 radical (unpaired) electrons. The van der Waals surface area contributed by atoms with Gasteiger partial charge in [0, 0.05) is 17.9 Å². The minimum atomic E-state index is -0.982. The van der Waals surface area contributed by atoms with Gasteiger partial charge in [-0.1, -0.05) is 13.8 Å². The number of nitrogens with two attached hydrogens (primary N) is 1. The van der Waals surface area contributed by atoms with E-state index in [1.165, 1.54) is 0 Å². The number of ether oxygens (including phenoxy) is 2. The van der Waals surface area contributed by atoms with Gasteiger partial charge in [0.25, 0.3) is 0 Å². The first-order valence-electron chi connectivity index (χ1n) is 7.20. The fourth-order valence-electron chi connectivity index (χ4n) is 3.55. The SMILES string of the molecule is CCOC(=O)CNC(=O)C1(N)C2CCCOC2C1(C)C.Cl. The van der Waals surface area contributed by atoms with E-state index >= 15 is 0 Å². The Hall–Kier alpha value is -0.850. The normalized spacial score (nSPS) is 33.0. The third kappa shape index (κ3) is 2.76. The van der Waals surface area contributed by atoms with Crippen LogP contribution in [0.4, 0.5) is 0 Å². The van der Waals surface area contributed by atoms with Gasteiger partial charge in [-0.05, 0) is 19.8 Å². The van der Waals surface area contributed by atoms with Crippen LogP contribution in [0.1, 0.15) is 33.6 Å². The smallest absolute Gasteiger partial charge is 0.325 e. The van der Waals surface area contributed by atoms with Crippen LogP contribution in [0.25, 0.3) is 0 Å². The Morgan fingerprint density at radius 1 is 1.43 bits per heavy atom. The summed E-state index contributed by atoms with van der Waals surface area (Å²) in [7, 11) is 0. The summed E-state index contributed by atoms with van der Waals surface area (Å²) in [5, 5.41) is 2.60. The van der Waals surface area contributed by atoms with Crippen LogP contribution >= 0.6 is 12.4 Å². The summed E-state index contributed by atoms with van der Waals surface area (Å²) in [6.45, 7) is 6.51. The lowest BCUT2D eigenvalue weighted by molar-refractivity contribution is -0.225. The van der Waals surface area contributed by atoms with E-state index in [0.29, 0.717) is 6.61 Å². The molecule has 3 unspecified atom stereocenters. The molecule has 1 saturated carbocycles. The van der Waals surface area contributed by atoms with Crippen molar-refractivity contribution in [1.29, 1.82) is 0 Å². The number of hydrogen-bond donors (Lipinski definition) is 2. The highest BCUT2D eigenvalue weighted by Crippen LogP contribution is 2.57. The lowest BCUT2D eigenvalue weighted by atomic mass is 9.46. The van der Waals surface area contributed by atoms with E-state index in [1.807, 2.05) is 13.8 Å². The van der Waals surface area contributed by atoms with Crippen LogP contribution in [-0.2, 0) is 19.1 Å². The van der Waals surface area contributed by atoms with E-state index in [-0.39, 0.29) is 36.9 Å². The topological polar surface area (TPSA) is 90.7 Å². The number of hydrogen-bond acceptors (Lipinski definition) is 5. The second kappa shape index (κ2) is 6.50. The molecule has 0 aromatic rings. The highest BCUT2D eigenvalue weighted by atomic mass is 35.5. The lowest BCUT2D eigenvalue weighted by Gasteiger charge is -2.65. The van der Waals surface area contributed by atoms with Crippen molar-refractivity contribution < 1.29 is 19.1 Å². The molecule has 0 spiro atoms. The molecule has 1 aliphatic carbocycles. The molecule has 1 aliphatic heterocycles. The second-order valence-electron chi connectivity index (χ2n) is 6.12. The number of nitrogens with one attached hydrogen (secondary N) is 1. The molecule has 0 bridgehead atoms. The van der Waals surface area contributed by atoms with Crippen molar-refractivity contribution in [2.24, 2.45) is 17.1 Å². The first kappa shape index (κ1) is 18.2. The minimum Gasteiger partial charge on any atom is -0.465 e. The van der Waals surface area contributed by atoms with Crippen molar-refractivity contribution in [2.45, 2.75) is 45.3 Å². The fourth-order valence-corrected chi connectivity index (χ4v) is 3.55. The van der Waals surface area contributed by atoms with Gasteiger partial charge in [-0.2, -0.15) is 0 Å². The Labute approximate surface area is 131 Å². The number of amides is 1. The van der Waals surface area contributed by atoms with Crippen molar-refractivity contribution in [1.82, 2.24) is 5.32 Å². The van der Waals surface area contributed by atoms with Crippen LogP contribution in [0.15, 0.2) is 0 Å². The molecule has 0 aromatic heterocycles. The third-order valence-electron chi connectivity index (χ3n) is 4.76. The predicted molar refractivity (Wildman–Crippen MR) is 80.1 cm³/mol. The largest absolute Gasteiger partial charge is 0.465 e. The number of esters is 1. The summed E-state index contributed by atoms with van der Waals surface area (Å²) in [5.74, 6) is -0.714. The monoisotopic (exact) mass is 320 g/mol. The Morgan fingerprint density at radius 3 is 2.71 bits per heavy atom. The van der Waals surface area contributed by atoms with Gasteiger partial charge in [0.15, 0.2) is 0 Å². The molecular formula is C14H25ClN2O4. The van der Waals surface area contributed by atoms with Crippen LogP contribution in [0.2, 0.25) is 0 Å². The Balaban J connectivity index is 0.00000220. The molecular weight excluding hydrogens is 296 g/mol. The van der Waals surface area contributed by atoms with Gasteiger partial charge in [0.05, 0.1) is 12.7 Å². The summed E-state index contributed by atoms with van der Waals surface area (Å²) < 4.78 is 10.5. The molecule has 2 fully saturated rings. The predicted octanol–water partition coefficient (Wildman–Crippen LogP) is 0.620. The number of rotatable bonds is 4. The Bertz CT molecular complexity index is 416. The standard InChI is InChI=1S/C14H24N2O4.ClH/c1-4-19-10(17)8-16-12(18)14(15)9-6-5-7-20-11(9)13(14,2)3;/h9,11H,4-8,15H2,1-3H3,(H,16,18);1H. The first-order valence-corrected chi connectivity index (χ1v) is 7.20. The quantitative estimate of drug-likeness (QED) is 0.741. The van der Waals surface area contributed by atoms with Crippen LogP contribution < -0.4 is 11.1 Å². The van der Waals surface area contributed by atoms with Gasteiger partial charge in [0.1, 0.15) is 12.1 Å². The average molecular weight is 321 g/mol. The van der Waals surface area contributed by atoms with E-state index in [2.05, 4.69) is 5.32 Å². The van der Waals surface area contributed by atoms with E-state index < -0.39 is 16.9 Å². The summed E-state index contributed by atoms with van der Waals surface area (Å²) in [4.78, 5) is 23.7. The zero-order valence-electron chi connectivity index (χ0n) is 12.8. The zero-order chi connectivity index (χ0) is 15.0. The number of halogens is 1. The maximum absolute atomic E-state index is 12.4. The molecule has 2 rings (SSSR count). The number of carbonyl (C=O) groups excluding carboxylic acids is 2. The Kier molecular flexibility index (Phi) is 5.63. The molecule has 2 aliphatic rings. The van der Waals surface area contributed by atoms with Gasteiger partial charge in [0.2, 0.25) is 5.91 Å². The highest BCUT2D eigenvalue weighted by molar-refractivity contribution is 5.91. The summed E-state index contributed by atoms with van der Waals surface area (Å²) in [6.07, 6.45) is 1.83. The molecule has 3 N–H and O–H groups in total. The second-order valence-corrected chi connectivity index (χ2v) is 6.12. The van der Waals surface area contributed by atoms with Crippen LogP contribution in [0, 0.1) is 11.3 Å². The third-order valence-corrected chi connectivity index (χ3v) is 4.76. The minimum absolute atomic E-state index is 0. The van der Waals surface area contributed by atoms with Crippen molar-refractivity contribution in [2.75, 3.05) is 19.8 Å². The summed E-state index contributed by atoms with van der Waals surface area (Å²) in [5.41, 5.74) is 4.98. The van der Waals surface area contributed by atoms with Gasteiger partial charge < -0.3 is 20.5 Å². The molecule has 21 heavy (non-hydrogen) atoms. The first-order chi connectivity index (χ1) is 9.35. The highest BCUT2D eigenvalue weighted by Gasteiger charge is 2.70. The van der Waals surface area contributed by atoms with Crippen LogP contribution in [0.5, 0.6) is 0 Å². The molecule has 122 valence electrons. The average Bonchev–Trinajstić information content (AvgIpc) is 2.44. The molecule has 1 heterocycles. The number of carbonyl (C=O) groups is 2. The number of fused-ring (bicyclic) bond motifs is 1. The molecule has 1 amide bonds. The molecule has 0 aromatic carbocycles. The molecule has 6 nitrogen and oxygen atoms in total. The van der Waals surface area contributed by atoms with Gasteiger partial charge in [-0.25, -0.2) is 0 Å². The zero-order valence-corrected chi connectivity index (χ0v) is 13.6. The lowest BCUT2D eigenvalue weighted by Crippen LogP contribution is -2.82. The van der Waals surface area contributed by atoms with Crippen molar-refractivity contribution in [3.8, 4) is 0 Å². The van der Waals surface area contributed by atoms with E-state index in [4.69, 9.17) is 15.2 Å². The van der Waals surface area contributed by atoms with E-state index in [9.17, 15) is 9.59 Å². The Morgan fingerprint density at radius 2 is 2.10 bits per heavy atom. The van der Waals surface area contributed by atoms with Crippen molar-refractivity contribution in [3.05, 3.63) is 0 Å². The van der Waals surface area contributed by atoms with E-state index in [0.717, 1.165) is 19.4 Å². The molecule has 3 atom stereocenters. The summed E-state index contributed by atoms with van der Waals surface area (Å²) >= 11 is 0. The maximum atomic E-state index is 12.4. The van der Waals surface area contributed by atoms with Gasteiger partial charge in [-0.15, -0.1) is 12.4 Å². The van der Waals surface area contributed by atoms with Gasteiger partial charge in [-0.3, -0.25) is 9.59 Å². The molecule has 7 heteroatoms. The summed E-state index contributed by atoms with van der Waals surface area (Å²) in [6, 6.07) is 0. The van der Waals surface area contributed by atoms with Crippen LogP contribution in [-0.4, -0.2) is 43.3 Å². The van der Waals surface area contributed by atoms with Crippen molar-refractivity contribution in [3.63, 3.8) is 0 Å². The molecule has 1 saturated heterocycles. The van der Waals surface area contributed by atoms with Gasteiger partial charge >= 0.3 is 5.97 Å². The van der Waals surface area contributed by atoms with Crippen molar-refractivity contribution >= 4 is 24.3 Å². The maximum Gasteiger partial charge on any atom is 0.325 e. The van der Waals surface area contributed by atoms with E-state index in [1.54, 1.807) is 6.92 Å².